The van der Waals surface area contributed by atoms with E-state index in [9.17, 15) is 14.7 Å². The van der Waals surface area contributed by atoms with E-state index in [4.69, 9.17) is 0 Å². The van der Waals surface area contributed by atoms with Crippen LogP contribution in [0.25, 0.3) is 0 Å². The van der Waals surface area contributed by atoms with E-state index in [0.717, 1.165) is 9.48 Å². The lowest BCUT2D eigenvalue weighted by molar-refractivity contribution is -0.131. The van der Waals surface area contributed by atoms with Crippen LogP contribution in [0.15, 0.2) is 58.1 Å². The molecule has 1 fully saturated rings. The maximum Gasteiger partial charge on any atom is 0.346 e. The van der Waals surface area contributed by atoms with Crippen LogP contribution in [0.1, 0.15) is 18.1 Å². The van der Waals surface area contributed by atoms with Gasteiger partial charge in [-0.3, -0.25) is 4.79 Å². The fourth-order valence-corrected chi connectivity index (χ4v) is 2.82. The summed E-state index contributed by atoms with van der Waals surface area (Å²) in [5.41, 5.74) is -0.112. The molecule has 0 radical (unpaired) electrons. The third kappa shape index (κ3) is 2.78. The highest BCUT2D eigenvalue weighted by Gasteiger charge is 2.49. The Labute approximate surface area is 146 Å². The van der Waals surface area contributed by atoms with Crippen molar-refractivity contribution in [2.24, 2.45) is 5.10 Å². The summed E-state index contributed by atoms with van der Waals surface area (Å²) < 4.78 is 0.744. The Kier molecular flexibility index (Phi) is 4.11. The van der Waals surface area contributed by atoms with Gasteiger partial charge in [-0.2, -0.15) is 5.10 Å². The minimum Gasteiger partial charge on any atom is -0.507 e. The van der Waals surface area contributed by atoms with Gasteiger partial charge in [0.15, 0.2) is 0 Å². The van der Waals surface area contributed by atoms with Gasteiger partial charge in [0.05, 0.1) is 6.21 Å². The molecule has 3 rings (SSSR count). The fraction of sp³-hybridized carbons (Fsp3) is 0.118. The van der Waals surface area contributed by atoms with E-state index < -0.39 is 17.5 Å². The molecular formula is C17H14BrN3O3. The minimum absolute atomic E-state index is 0.000162. The highest BCUT2D eigenvalue weighted by atomic mass is 79.9. The molecule has 1 heterocycles. The van der Waals surface area contributed by atoms with Gasteiger partial charge in [0.1, 0.15) is 11.3 Å². The summed E-state index contributed by atoms with van der Waals surface area (Å²) in [6.45, 7) is 1.63. The number of nitrogens with zero attached hydrogens (tertiary/aromatic N) is 2. The lowest BCUT2D eigenvalue weighted by Crippen LogP contribution is -2.40. The summed E-state index contributed by atoms with van der Waals surface area (Å²) in [6, 6.07) is 13.2. The van der Waals surface area contributed by atoms with E-state index in [0.29, 0.717) is 11.1 Å². The molecule has 7 heteroatoms. The average Bonchev–Trinajstić information content (AvgIpc) is 2.80. The zero-order valence-electron chi connectivity index (χ0n) is 12.7. The number of urea groups is 1. The van der Waals surface area contributed by atoms with Crippen molar-refractivity contribution >= 4 is 34.1 Å². The zero-order valence-corrected chi connectivity index (χ0v) is 14.3. The molecular weight excluding hydrogens is 374 g/mol. The van der Waals surface area contributed by atoms with Crippen LogP contribution in [0.3, 0.4) is 0 Å². The smallest absolute Gasteiger partial charge is 0.346 e. The minimum atomic E-state index is -1.17. The van der Waals surface area contributed by atoms with Crippen LogP contribution in [0, 0.1) is 0 Å². The number of hydrogen-bond acceptors (Lipinski definition) is 4. The lowest BCUT2D eigenvalue weighted by Gasteiger charge is -2.20. The lowest BCUT2D eigenvalue weighted by atomic mass is 9.92. The number of rotatable bonds is 3. The predicted molar refractivity (Wildman–Crippen MR) is 92.6 cm³/mol. The Morgan fingerprint density at radius 2 is 1.92 bits per heavy atom. The summed E-state index contributed by atoms with van der Waals surface area (Å²) in [5, 5.41) is 17.2. The monoisotopic (exact) mass is 387 g/mol. The second-order valence-corrected chi connectivity index (χ2v) is 6.40. The van der Waals surface area contributed by atoms with Crippen LogP contribution in [0.4, 0.5) is 4.79 Å². The number of nitrogens with one attached hydrogen (secondary N) is 1. The number of hydrogen-bond donors (Lipinski definition) is 2. The Bertz CT molecular complexity index is 838. The highest BCUT2D eigenvalue weighted by molar-refractivity contribution is 9.10. The molecule has 3 amide bonds. The normalized spacial score (nSPS) is 20.7. The molecule has 0 bridgehead atoms. The number of benzene rings is 2. The van der Waals surface area contributed by atoms with E-state index in [1.165, 1.54) is 12.3 Å². The molecule has 0 aromatic heterocycles. The Morgan fingerprint density at radius 1 is 1.21 bits per heavy atom. The average molecular weight is 388 g/mol. The molecule has 1 saturated heterocycles. The van der Waals surface area contributed by atoms with Crippen molar-refractivity contribution in [3.63, 3.8) is 0 Å². The molecule has 1 aliphatic heterocycles. The molecule has 1 atom stereocenters. The number of hydrazone groups is 1. The van der Waals surface area contributed by atoms with Crippen molar-refractivity contribution in [2.45, 2.75) is 12.5 Å². The van der Waals surface area contributed by atoms with Crippen molar-refractivity contribution in [1.29, 1.82) is 0 Å². The molecule has 0 saturated carbocycles. The Hall–Kier alpha value is -2.67. The van der Waals surface area contributed by atoms with Crippen molar-refractivity contribution in [2.75, 3.05) is 0 Å². The van der Waals surface area contributed by atoms with E-state index in [1.807, 2.05) is 6.07 Å². The molecule has 1 aliphatic rings. The maximum absolute atomic E-state index is 12.7. The molecule has 2 N–H and O–H groups in total. The second-order valence-electron chi connectivity index (χ2n) is 5.49. The molecule has 0 spiro atoms. The fourth-order valence-electron chi connectivity index (χ4n) is 2.45. The summed E-state index contributed by atoms with van der Waals surface area (Å²) in [5.74, 6) is -0.482. The Morgan fingerprint density at radius 3 is 2.62 bits per heavy atom. The molecule has 2 aromatic carbocycles. The zero-order chi connectivity index (χ0) is 17.3. The molecule has 122 valence electrons. The van der Waals surface area contributed by atoms with Gasteiger partial charge in [0.25, 0.3) is 5.91 Å². The highest BCUT2D eigenvalue weighted by Crippen LogP contribution is 2.29. The molecule has 2 aromatic rings. The van der Waals surface area contributed by atoms with Gasteiger partial charge >= 0.3 is 6.03 Å². The van der Waals surface area contributed by atoms with E-state index in [-0.39, 0.29) is 5.75 Å². The topological polar surface area (TPSA) is 82.0 Å². The summed E-state index contributed by atoms with van der Waals surface area (Å²) >= 11 is 3.29. The number of halogens is 1. The van der Waals surface area contributed by atoms with Crippen molar-refractivity contribution < 1.29 is 14.7 Å². The SMILES string of the molecule is C[C@@]1(c2ccccc2)NC(=O)N(/N=C/c2cc(Br)ccc2O)C1=O. The third-order valence-corrected chi connectivity index (χ3v) is 4.32. The standard InChI is InChI=1S/C17H14BrN3O3/c1-17(12-5-3-2-4-6-12)15(23)21(16(24)20-17)19-10-11-9-13(18)7-8-14(11)22/h2-10,22H,1H3,(H,20,24)/b19-10+/t17-/m0/s1. The van der Waals surface area contributed by atoms with Crippen LogP contribution in [0.5, 0.6) is 5.75 Å². The molecule has 0 aliphatic carbocycles. The van der Waals surface area contributed by atoms with Gasteiger partial charge in [-0.1, -0.05) is 46.3 Å². The van der Waals surface area contributed by atoms with E-state index in [1.54, 1.807) is 43.3 Å². The maximum atomic E-state index is 12.7. The van der Waals surface area contributed by atoms with E-state index >= 15 is 0 Å². The number of aromatic hydroxyl groups is 1. The van der Waals surface area contributed by atoms with Gasteiger partial charge in [0.2, 0.25) is 0 Å². The largest absolute Gasteiger partial charge is 0.507 e. The molecule has 6 nitrogen and oxygen atoms in total. The quantitative estimate of drug-likeness (QED) is 0.627. The number of imide groups is 1. The van der Waals surface area contributed by atoms with Crippen LogP contribution in [0.2, 0.25) is 0 Å². The predicted octanol–water partition coefficient (Wildman–Crippen LogP) is 2.96. The summed E-state index contributed by atoms with van der Waals surface area (Å²) in [6.07, 6.45) is 1.27. The first kappa shape index (κ1) is 16.2. The number of phenolic OH excluding ortho intramolecular Hbond substituents is 1. The van der Waals surface area contributed by atoms with Crippen LogP contribution in [-0.2, 0) is 10.3 Å². The van der Waals surface area contributed by atoms with Gasteiger partial charge in [-0.15, -0.1) is 5.01 Å². The van der Waals surface area contributed by atoms with Gasteiger partial charge in [-0.05, 0) is 30.7 Å². The van der Waals surface area contributed by atoms with Crippen molar-refractivity contribution in [3.8, 4) is 5.75 Å². The van der Waals surface area contributed by atoms with Gasteiger partial charge < -0.3 is 10.4 Å². The first-order valence-electron chi connectivity index (χ1n) is 7.16. The van der Waals surface area contributed by atoms with Crippen LogP contribution in [-0.4, -0.2) is 28.3 Å². The van der Waals surface area contributed by atoms with E-state index in [2.05, 4.69) is 26.3 Å². The summed E-state index contributed by atoms with van der Waals surface area (Å²) in [4.78, 5) is 24.8. The number of carbonyl (C=O) groups is 2. The van der Waals surface area contributed by atoms with Crippen molar-refractivity contribution in [1.82, 2.24) is 10.3 Å². The second kappa shape index (κ2) is 6.09. The van der Waals surface area contributed by atoms with Gasteiger partial charge in [0, 0.05) is 10.0 Å². The first-order valence-corrected chi connectivity index (χ1v) is 7.96. The third-order valence-electron chi connectivity index (χ3n) is 3.82. The molecule has 0 unspecified atom stereocenters. The Balaban J connectivity index is 1.90. The number of phenols is 1. The van der Waals surface area contributed by atoms with Gasteiger partial charge in [-0.25, -0.2) is 4.79 Å². The van der Waals surface area contributed by atoms with Crippen LogP contribution < -0.4 is 5.32 Å². The summed E-state index contributed by atoms with van der Waals surface area (Å²) in [7, 11) is 0. The molecule has 24 heavy (non-hydrogen) atoms. The first-order chi connectivity index (χ1) is 11.4. The number of amides is 3. The van der Waals surface area contributed by atoms with Crippen LogP contribution >= 0.6 is 15.9 Å². The van der Waals surface area contributed by atoms with Crippen molar-refractivity contribution in [3.05, 3.63) is 64.1 Å². The number of carbonyl (C=O) groups excluding carboxylic acids is 2.